The molecule has 0 saturated heterocycles. The van der Waals surface area contributed by atoms with E-state index in [1.807, 2.05) is 0 Å². The van der Waals surface area contributed by atoms with E-state index in [1.165, 1.54) is 15.7 Å². The molecular formula is C9H13F2N3O. The van der Waals surface area contributed by atoms with Crippen LogP contribution in [0, 0.1) is 5.92 Å². The molecule has 0 aliphatic heterocycles. The summed E-state index contributed by atoms with van der Waals surface area (Å²) in [4.78, 5) is 14.8. The lowest BCUT2D eigenvalue weighted by atomic mass is 10.1. The number of halogens is 2. The molecule has 0 spiro atoms. The Morgan fingerprint density at radius 3 is 2.87 bits per heavy atom. The van der Waals surface area contributed by atoms with E-state index in [-0.39, 0.29) is 13.0 Å². The van der Waals surface area contributed by atoms with Gasteiger partial charge >= 0.3 is 5.69 Å². The number of aryl methyl sites for hydroxylation is 1. The minimum atomic E-state index is -2.64. The lowest BCUT2D eigenvalue weighted by molar-refractivity contribution is -0.0444. The van der Waals surface area contributed by atoms with Crippen LogP contribution in [0.2, 0.25) is 0 Å². The maximum Gasteiger partial charge on any atom is 0.363 e. The maximum absolute atomic E-state index is 13.3. The fraction of sp³-hybridized carbons (Fsp3) is 0.778. The molecular weight excluding hydrogens is 204 g/mol. The Morgan fingerprint density at radius 1 is 1.67 bits per heavy atom. The summed E-state index contributed by atoms with van der Waals surface area (Å²) in [5.74, 6) is -3.37. The summed E-state index contributed by atoms with van der Waals surface area (Å²) in [5, 5.41) is 0. The van der Waals surface area contributed by atoms with Crippen molar-refractivity contribution in [1.29, 1.82) is 0 Å². The van der Waals surface area contributed by atoms with Gasteiger partial charge in [-0.1, -0.05) is 0 Å². The number of hydrogen-bond acceptors (Lipinski definition) is 2. The topological polar surface area (TPSA) is 39.8 Å². The van der Waals surface area contributed by atoms with Crippen LogP contribution in [-0.4, -0.2) is 20.3 Å². The molecule has 15 heavy (non-hydrogen) atoms. The van der Waals surface area contributed by atoms with Crippen molar-refractivity contribution in [3.8, 4) is 0 Å². The molecule has 1 unspecified atom stereocenters. The van der Waals surface area contributed by atoms with Gasteiger partial charge in [-0.3, -0.25) is 4.68 Å². The van der Waals surface area contributed by atoms with Crippen LogP contribution in [0.15, 0.2) is 11.1 Å². The van der Waals surface area contributed by atoms with E-state index in [4.69, 9.17) is 0 Å². The Morgan fingerprint density at radius 2 is 2.40 bits per heavy atom. The third-order valence-corrected chi connectivity index (χ3v) is 2.99. The highest BCUT2D eigenvalue weighted by Crippen LogP contribution is 2.40. The smallest absolute Gasteiger partial charge is 0.273 e. The third-order valence-electron chi connectivity index (χ3n) is 2.99. The summed E-state index contributed by atoms with van der Waals surface area (Å²) < 4.78 is 29.3. The van der Waals surface area contributed by atoms with E-state index in [1.54, 1.807) is 7.05 Å². The fourth-order valence-electron chi connectivity index (χ4n) is 2.04. The van der Waals surface area contributed by atoms with Gasteiger partial charge in [-0.25, -0.2) is 18.3 Å². The minimum Gasteiger partial charge on any atom is -0.273 e. The van der Waals surface area contributed by atoms with Crippen LogP contribution in [-0.2, 0) is 13.6 Å². The van der Waals surface area contributed by atoms with Crippen molar-refractivity contribution in [2.24, 2.45) is 13.0 Å². The summed E-state index contributed by atoms with van der Waals surface area (Å²) in [6.45, 7) is 0.0579. The molecule has 0 bridgehead atoms. The van der Waals surface area contributed by atoms with Crippen molar-refractivity contribution >= 4 is 0 Å². The molecule has 84 valence electrons. The summed E-state index contributed by atoms with van der Waals surface area (Å²) in [7, 11) is 1.63. The summed E-state index contributed by atoms with van der Waals surface area (Å²) in [6, 6.07) is 0. The lowest BCUT2D eigenvalue weighted by Crippen LogP contribution is -2.32. The zero-order chi connectivity index (χ0) is 11.1. The zero-order valence-corrected chi connectivity index (χ0v) is 8.49. The SMILES string of the molecule is Cn1cnc(=O)n1CC1CCCC1(F)F. The second-order valence-corrected chi connectivity index (χ2v) is 4.03. The Labute approximate surface area is 85.5 Å². The number of nitrogens with zero attached hydrogens (tertiary/aromatic N) is 3. The van der Waals surface area contributed by atoms with Gasteiger partial charge in [0.15, 0.2) is 0 Å². The molecule has 1 atom stereocenters. The predicted octanol–water partition coefficient (Wildman–Crippen LogP) is 1.02. The molecule has 1 heterocycles. The molecule has 0 radical (unpaired) electrons. The van der Waals surface area contributed by atoms with Crippen LogP contribution in [0.3, 0.4) is 0 Å². The third kappa shape index (κ3) is 1.80. The average Bonchev–Trinajstić information content (AvgIpc) is 2.63. The van der Waals surface area contributed by atoms with E-state index < -0.39 is 17.5 Å². The van der Waals surface area contributed by atoms with E-state index in [0.29, 0.717) is 12.8 Å². The van der Waals surface area contributed by atoms with Gasteiger partial charge in [-0.05, 0) is 12.8 Å². The molecule has 4 nitrogen and oxygen atoms in total. The minimum absolute atomic E-state index is 0.0579. The van der Waals surface area contributed by atoms with Crippen LogP contribution in [0.4, 0.5) is 8.78 Å². The van der Waals surface area contributed by atoms with Crippen LogP contribution >= 0.6 is 0 Å². The van der Waals surface area contributed by atoms with Crippen molar-refractivity contribution in [2.45, 2.75) is 31.7 Å². The van der Waals surface area contributed by atoms with Crippen molar-refractivity contribution in [1.82, 2.24) is 14.3 Å². The molecule has 1 aliphatic carbocycles. The first-order valence-electron chi connectivity index (χ1n) is 4.97. The molecule has 1 saturated carbocycles. The van der Waals surface area contributed by atoms with Crippen molar-refractivity contribution < 1.29 is 8.78 Å². The Hall–Kier alpha value is -1.20. The summed E-state index contributed by atoms with van der Waals surface area (Å²) >= 11 is 0. The molecule has 0 aromatic carbocycles. The number of rotatable bonds is 2. The molecule has 6 heteroatoms. The second kappa shape index (κ2) is 3.43. The highest BCUT2D eigenvalue weighted by Gasteiger charge is 2.44. The van der Waals surface area contributed by atoms with Crippen molar-refractivity contribution in [3.05, 3.63) is 16.8 Å². The van der Waals surface area contributed by atoms with E-state index in [0.717, 1.165) is 0 Å². The van der Waals surface area contributed by atoms with Gasteiger partial charge in [-0.15, -0.1) is 0 Å². The van der Waals surface area contributed by atoms with E-state index in [9.17, 15) is 13.6 Å². The monoisotopic (exact) mass is 217 g/mol. The molecule has 2 rings (SSSR count). The predicted molar refractivity (Wildman–Crippen MR) is 49.8 cm³/mol. The highest BCUT2D eigenvalue weighted by atomic mass is 19.3. The zero-order valence-electron chi connectivity index (χ0n) is 8.49. The maximum atomic E-state index is 13.3. The van der Waals surface area contributed by atoms with Gasteiger partial charge in [-0.2, -0.15) is 4.98 Å². The van der Waals surface area contributed by atoms with Gasteiger partial charge in [0.05, 0.1) is 6.54 Å². The normalized spacial score (nSPS) is 24.6. The molecule has 1 fully saturated rings. The number of hydrogen-bond donors (Lipinski definition) is 0. The molecule has 1 aliphatic rings. The Kier molecular flexibility index (Phi) is 2.36. The van der Waals surface area contributed by atoms with Crippen LogP contribution < -0.4 is 5.69 Å². The molecule has 1 aromatic heterocycles. The largest absolute Gasteiger partial charge is 0.363 e. The summed E-state index contributed by atoms with van der Waals surface area (Å²) in [6.07, 6.45) is 2.29. The van der Waals surface area contributed by atoms with Crippen LogP contribution in [0.1, 0.15) is 19.3 Å². The van der Waals surface area contributed by atoms with Crippen LogP contribution in [0.25, 0.3) is 0 Å². The van der Waals surface area contributed by atoms with Crippen LogP contribution in [0.5, 0.6) is 0 Å². The molecule has 0 N–H and O–H groups in total. The first-order valence-corrected chi connectivity index (χ1v) is 4.97. The quantitative estimate of drug-likeness (QED) is 0.742. The van der Waals surface area contributed by atoms with Gasteiger partial charge in [0, 0.05) is 19.4 Å². The van der Waals surface area contributed by atoms with E-state index in [2.05, 4.69) is 4.98 Å². The van der Waals surface area contributed by atoms with Gasteiger partial charge in [0.2, 0.25) is 0 Å². The second-order valence-electron chi connectivity index (χ2n) is 4.03. The Balaban J connectivity index is 2.19. The van der Waals surface area contributed by atoms with Crippen molar-refractivity contribution in [2.75, 3.05) is 0 Å². The fourth-order valence-corrected chi connectivity index (χ4v) is 2.04. The lowest BCUT2D eigenvalue weighted by Gasteiger charge is -2.19. The molecule has 1 aromatic rings. The average molecular weight is 217 g/mol. The number of alkyl halides is 2. The molecule has 0 amide bonds. The Bertz CT molecular complexity index is 410. The highest BCUT2D eigenvalue weighted by molar-refractivity contribution is 4.84. The van der Waals surface area contributed by atoms with Gasteiger partial charge < -0.3 is 0 Å². The van der Waals surface area contributed by atoms with Gasteiger partial charge in [0.1, 0.15) is 6.33 Å². The van der Waals surface area contributed by atoms with E-state index >= 15 is 0 Å². The number of aromatic nitrogens is 3. The van der Waals surface area contributed by atoms with Crippen molar-refractivity contribution in [3.63, 3.8) is 0 Å². The van der Waals surface area contributed by atoms with Gasteiger partial charge in [0.25, 0.3) is 5.92 Å². The first-order chi connectivity index (χ1) is 7.00. The first kappa shape index (κ1) is 10.3. The standard InChI is InChI=1S/C9H13F2N3O/c1-13-6-12-8(15)14(13)5-7-3-2-4-9(7,10)11/h6-7H,2-5H2,1H3. The summed E-state index contributed by atoms with van der Waals surface area (Å²) in [5.41, 5.74) is -0.458.